The first kappa shape index (κ1) is 17.9. The molecule has 0 bridgehead atoms. The van der Waals surface area contributed by atoms with Crippen LogP contribution in [0.1, 0.15) is 24.0 Å². The number of ether oxygens (including phenoxy) is 1. The summed E-state index contributed by atoms with van der Waals surface area (Å²) in [5.41, 5.74) is 6.04. The second-order valence-electron chi connectivity index (χ2n) is 6.16. The molecule has 1 aliphatic rings. The van der Waals surface area contributed by atoms with Gasteiger partial charge in [-0.1, -0.05) is 0 Å². The van der Waals surface area contributed by atoms with Crippen molar-refractivity contribution in [3.63, 3.8) is 0 Å². The van der Waals surface area contributed by atoms with Crippen molar-refractivity contribution in [2.24, 2.45) is 4.99 Å². The molecule has 0 atom stereocenters. The number of hydrogen-bond acceptors (Lipinski definition) is 3. The number of halogens is 2. The van der Waals surface area contributed by atoms with Gasteiger partial charge in [0, 0.05) is 19.2 Å². The Kier molecular flexibility index (Phi) is 5.71. The van der Waals surface area contributed by atoms with Crippen LogP contribution in [0.3, 0.4) is 0 Å². The highest BCUT2D eigenvalue weighted by Crippen LogP contribution is 2.32. The van der Waals surface area contributed by atoms with Crippen LogP contribution in [0.5, 0.6) is 11.5 Å². The average molecular weight is 406 g/mol. The molecule has 3 rings (SSSR count). The topological polar surface area (TPSA) is 36.9 Å². The highest BCUT2D eigenvalue weighted by molar-refractivity contribution is 9.10. The highest BCUT2D eigenvalue weighted by Gasteiger charge is 2.10. The molecular weight excluding hydrogens is 385 g/mol. The minimum atomic E-state index is -0.346. The predicted octanol–water partition coefficient (Wildman–Crippen LogP) is 5.26. The standard InChI is InChI=1S/C19H21BrFN3O/c1-13-10-19(25-15-5-6-16(20)17(21)11-15)14(2)9-18(13)22-12-23-24-7-3-4-8-24/h5-6,9-12H,3-4,7-8H2,1-2H3,(H,22,23). The fraction of sp³-hybridized carbons (Fsp3) is 0.316. The zero-order chi connectivity index (χ0) is 17.8. The summed E-state index contributed by atoms with van der Waals surface area (Å²) in [7, 11) is 0. The van der Waals surface area contributed by atoms with E-state index in [2.05, 4.69) is 31.4 Å². The fourth-order valence-corrected chi connectivity index (χ4v) is 2.96. The van der Waals surface area contributed by atoms with Crippen LogP contribution < -0.4 is 10.2 Å². The molecule has 0 radical (unpaired) electrons. The number of rotatable bonds is 5. The van der Waals surface area contributed by atoms with Crippen LogP contribution in [0.2, 0.25) is 0 Å². The minimum Gasteiger partial charge on any atom is -0.457 e. The molecule has 6 heteroatoms. The molecule has 0 unspecified atom stereocenters. The zero-order valence-corrected chi connectivity index (χ0v) is 15.9. The van der Waals surface area contributed by atoms with Crippen LogP contribution in [0, 0.1) is 19.7 Å². The van der Waals surface area contributed by atoms with E-state index < -0.39 is 0 Å². The van der Waals surface area contributed by atoms with Crippen LogP contribution in [0.25, 0.3) is 0 Å². The van der Waals surface area contributed by atoms with Gasteiger partial charge in [-0.25, -0.2) is 14.4 Å². The molecule has 0 aromatic heterocycles. The molecule has 1 fully saturated rings. The first-order valence-electron chi connectivity index (χ1n) is 8.31. The Hall–Kier alpha value is -1.92. The summed E-state index contributed by atoms with van der Waals surface area (Å²) in [6.07, 6.45) is 4.18. The average Bonchev–Trinajstić information content (AvgIpc) is 3.09. The number of nitrogens with one attached hydrogen (secondary N) is 1. The van der Waals surface area contributed by atoms with Crippen molar-refractivity contribution in [1.82, 2.24) is 10.4 Å². The van der Waals surface area contributed by atoms with E-state index in [1.54, 1.807) is 18.5 Å². The van der Waals surface area contributed by atoms with Crippen LogP contribution in [0.4, 0.5) is 10.1 Å². The van der Waals surface area contributed by atoms with Gasteiger partial charge in [0.2, 0.25) is 0 Å². The van der Waals surface area contributed by atoms with Gasteiger partial charge in [0.1, 0.15) is 23.7 Å². The summed E-state index contributed by atoms with van der Waals surface area (Å²) in [6.45, 7) is 6.05. The first-order chi connectivity index (χ1) is 12.0. The number of aryl methyl sites for hydroxylation is 2. The number of hydrazine groups is 1. The number of nitrogens with zero attached hydrogens (tertiary/aromatic N) is 2. The normalized spacial score (nSPS) is 15.0. The third-order valence-corrected chi connectivity index (χ3v) is 4.81. The maximum atomic E-state index is 13.6. The maximum absolute atomic E-state index is 13.6. The van der Waals surface area contributed by atoms with Gasteiger partial charge >= 0.3 is 0 Å². The summed E-state index contributed by atoms with van der Waals surface area (Å²) in [5.74, 6) is 0.821. The van der Waals surface area contributed by atoms with Crippen LogP contribution in [-0.2, 0) is 0 Å². The van der Waals surface area contributed by atoms with E-state index in [9.17, 15) is 4.39 Å². The minimum absolute atomic E-state index is 0.346. The van der Waals surface area contributed by atoms with E-state index in [1.807, 2.05) is 26.0 Å². The molecule has 4 nitrogen and oxygen atoms in total. The van der Waals surface area contributed by atoms with Crippen LogP contribution in [0.15, 0.2) is 39.8 Å². The Bertz CT molecular complexity index is 788. The van der Waals surface area contributed by atoms with Gasteiger partial charge in [-0.3, -0.25) is 0 Å². The van der Waals surface area contributed by atoms with E-state index in [-0.39, 0.29) is 5.82 Å². The Labute approximate surface area is 155 Å². The second-order valence-corrected chi connectivity index (χ2v) is 7.02. The first-order valence-corrected chi connectivity index (χ1v) is 9.10. The molecule has 0 spiro atoms. The number of benzene rings is 2. The lowest BCUT2D eigenvalue weighted by molar-refractivity contribution is 0.300. The predicted molar refractivity (Wildman–Crippen MR) is 102 cm³/mol. The molecule has 1 aliphatic heterocycles. The maximum Gasteiger partial charge on any atom is 0.141 e. The second kappa shape index (κ2) is 7.97. The molecule has 25 heavy (non-hydrogen) atoms. The lowest BCUT2D eigenvalue weighted by Gasteiger charge is -2.14. The van der Waals surface area contributed by atoms with Gasteiger partial charge in [-0.15, -0.1) is 0 Å². The van der Waals surface area contributed by atoms with Crippen molar-refractivity contribution in [2.45, 2.75) is 26.7 Å². The summed E-state index contributed by atoms with van der Waals surface area (Å²) in [4.78, 5) is 4.50. The van der Waals surface area contributed by atoms with Crippen LogP contribution in [-0.4, -0.2) is 24.4 Å². The Morgan fingerprint density at radius 2 is 1.92 bits per heavy atom. The molecule has 1 N–H and O–H groups in total. The summed E-state index contributed by atoms with van der Waals surface area (Å²) in [5, 5.41) is 2.16. The Morgan fingerprint density at radius 3 is 2.64 bits per heavy atom. The smallest absolute Gasteiger partial charge is 0.141 e. The Morgan fingerprint density at radius 1 is 1.16 bits per heavy atom. The van der Waals surface area contributed by atoms with Crippen LogP contribution >= 0.6 is 15.9 Å². The largest absolute Gasteiger partial charge is 0.457 e. The third kappa shape index (κ3) is 4.58. The zero-order valence-electron chi connectivity index (χ0n) is 14.4. The third-order valence-electron chi connectivity index (χ3n) is 4.16. The van der Waals surface area contributed by atoms with E-state index in [0.29, 0.717) is 16.0 Å². The molecule has 1 saturated heterocycles. The molecule has 132 valence electrons. The van der Waals surface area contributed by atoms with E-state index in [0.717, 1.165) is 29.9 Å². The lowest BCUT2D eigenvalue weighted by Crippen LogP contribution is -2.33. The van der Waals surface area contributed by atoms with Gasteiger partial charge in [0.25, 0.3) is 0 Å². The quantitative estimate of drug-likeness (QED) is 0.544. The van der Waals surface area contributed by atoms with Gasteiger partial charge in [0.15, 0.2) is 0 Å². The van der Waals surface area contributed by atoms with Gasteiger partial charge in [-0.2, -0.15) is 0 Å². The molecule has 2 aromatic carbocycles. The van der Waals surface area contributed by atoms with Crippen molar-refractivity contribution in [1.29, 1.82) is 0 Å². The van der Waals surface area contributed by atoms with Crippen molar-refractivity contribution in [2.75, 3.05) is 13.1 Å². The monoisotopic (exact) mass is 405 g/mol. The lowest BCUT2D eigenvalue weighted by atomic mass is 10.1. The summed E-state index contributed by atoms with van der Waals surface area (Å²) >= 11 is 3.14. The van der Waals surface area contributed by atoms with Gasteiger partial charge < -0.3 is 10.2 Å². The number of aliphatic imine (C=N–C) groups is 1. The van der Waals surface area contributed by atoms with Gasteiger partial charge in [-0.05, 0) is 78.0 Å². The molecule has 0 aliphatic carbocycles. The molecule has 2 aromatic rings. The fourth-order valence-electron chi connectivity index (χ4n) is 2.72. The van der Waals surface area contributed by atoms with E-state index in [4.69, 9.17) is 4.74 Å². The van der Waals surface area contributed by atoms with Crippen molar-refractivity contribution in [3.05, 3.63) is 51.7 Å². The molecule has 1 heterocycles. The SMILES string of the molecule is Cc1cc(Oc2ccc(Br)c(F)c2)c(C)cc1N=CNN1CCCC1. The molecule has 0 saturated carbocycles. The van der Waals surface area contributed by atoms with Crippen molar-refractivity contribution < 1.29 is 9.13 Å². The number of hydrogen-bond donors (Lipinski definition) is 1. The van der Waals surface area contributed by atoms with E-state index in [1.165, 1.54) is 18.9 Å². The van der Waals surface area contributed by atoms with Crippen molar-refractivity contribution in [3.8, 4) is 11.5 Å². The summed E-state index contributed by atoms with van der Waals surface area (Å²) in [6, 6.07) is 8.63. The molecular formula is C19H21BrFN3O. The highest BCUT2D eigenvalue weighted by atomic mass is 79.9. The summed E-state index contributed by atoms with van der Waals surface area (Å²) < 4.78 is 19.9. The van der Waals surface area contributed by atoms with Gasteiger partial charge in [0.05, 0.1) is 10.2 Å². The van der Waals surface area contributed by atoms with Crippen molar-refractivity contribution >= 4 is 28.0 Å². The van der Waals surface area contributed by atoms with E-state index >= 15 is 0 Å². The molecule has 0 amide bonds. The Balaban J connectivity index is 1.72.